The number of carboxylic acid groups (broad SMARTS) is 1. The van der Waals surface area contributed by atoms with Crippen molar-refractivity contribution in [3.05, 3.63) is 57.0 Å². The molecule has 1 amide bonds. The second-order valence-corrected chi connectivity index (χ2v) is 5.38. The number of hydrogen-bond donors (Lipinski definition) is 3. The predicted molar refractivity (Wildman–Crippen MR) is 82.2 cm³/mol. The lowest BCUT2D eigenvalue weighted by Crippen LogP contribution is -2.12. The summed E-state index contributed by atoms with van der Waals surface area (Å²) >= 11 is 9.07. The predicted octanol–water partition coefficient (Wildman–Crippen LogP) is 3.76. The van der Waals surface area contributed by atoms with E-state index in [2.05, 4.69) is 21.2 Å². The molecule has 2 aromatic rings. The highest BCUT2D eigenvalue weighted by Crippen LogP contribution is 2.25. The molecule has 7 heteroatoms. The fraction of sp³-hybridized carbons (Fsp3) is 0. The van der Waals surface area contributed by atoms with Crippen LogP contribution >= 0.6 is 27.5 Å². The van der Waals surface area contributed by atoms with E-state index in [9.17, 15) is 14.7 Å². The van der Waals surface area contributed by atoms with Crippen molar-refractivity contribution in [3.63, 3.8) is 0 Å². The third-order valence-electron chi connectivity index (χ3n) is 2.67. The van der Waals surface area contributed by atoms with Gasteiger partial charge in [0.15, 0.2) is 0 Å². The Labute approximate surface area is 133 Å². The average molecular weight is 371 g/mol. The van der Waals surface area contributed by atoms with Crippen LogP contribution in [0.4, 0.5) is 5.69 Å². The van der Waals surface area contributed by atoms with Gasteiger partial charge in [-0.25, -0.2) is 4.79 Å². The fourth-order valence-electron chi connectivity index (χ4n) is 1.63. The monoisotopic (exact) mass is 369 g/mol. The van der Waals surface area contributed by atoms with E-state index in [4.69, 9.17) is 16.7 Å². The largest absolute Gasteiger partial charge is 0.507 e. The minimum absolute atomic E-state index is 0.234. The van der Waals surface area contributed by atoms with Crippen LogP contribution in [0, 0.1) is 0 Å². The van der Waals surface area contributed by atoms with Crippen LogP contribution in [0.1, 0.15) is 20.7 Å². The summed E-state index contributed by atoms with van der Waals surface area (Å²) in [5.74, 6) is -2.07. The van der Waals surface area contributed by atoms with Gasteiger partial charge in [0.25, 0.3) is 5.91 Å². The highest BCUT2D eigenvalue weighted by molar-refractivity contribution is 9.10. The quantitative estimate of drug-likeness (QED) is 0.768. The Kier molecular flexibility index (Phi) is 4.50. The molecule has 0 fully saturated rings. The van der Waals surface area contributed by atoms with Crippen LogP contribution in [0.2, 0.25) is 5.02 Å². The second-order valence-electron chi connectivity index (χ2n) is 4.12. The number of aromatic hydroxyl groups is 1. The number of hydrogen-bond acceptors (Lipinski definition) is 3. The van der Waals surface area contributed by atoms with Crippen molar-refractivity contribution in [2.24, 2.45) is 0 Å². The lowest BCUT2D eigenvalue weighted by atomic mass is 10.1. The van der Waals surface area contributed by atoms with E-state index in [1.165, 1.54) is 18.2 Å². The number of carboxylic acids is 1. The Morgan fingerprint density at radius 3 is 2.43 bits per heavy atom. The molecule has 2 aromatic carbocycles. The number of nitrogens with one attached hydrogen (secondary N) is 1. The number of anilines is 1. The third-order valence-corrected chi connectivity index (χ3v) is 3.88. The summed E-state index contributed by atoms with van der Waals surface area (Å²) in [5.41, 5.74) is 0.420. The number of halogens is 2. The van der Waals surface area contributed by atoms with Crippen molar-refractivity contribution in [2.75, 3.05) is 5.32 Å². The van der Waals surface area contributed by atoms with Gasteiger partial charge >= 0.3 is 5.97 Å². The maximum absolute atomic E-state index is 12.0. The van der Waals surface area contributed by atoms with Crippen LogP contribution < -0.4 is 5.32 Å². The molecule has 0 heterocycles. The van der Waals surface area contributed by atoms with Crippen LogP contribution in [-0.2, 0) is 0 Å². The van der Waals surface area contributed by atoms with Crippen molar-refractivity contribution in [1.29, 1.82) is 0 Å². The van der Waals surface area contributed by atoms with Gasteiger partial charge in [-0.15, -0.1) is 0 Å². The molecule has 21 heavy (non-hydrogen) atoms. The molecule has 0 saturated heterocycles. The van der Waals surface area contributed by atoms with Crippen LogP contribution in [0.15, 0.2) is 40.9 Å². The minimum atomic E-state index is -1.24. The average Bonchev–Trinajstić information content (AvgIpc) is 2.41. The molecule has 0 atom stereocenters. The molecule has 0 spiro atoms. The van der Waals surface area contributed by atoms with Gasteiger partial charge in [-0.1, -0.05) is 11.6 Å². The van der Waals surface area contributed by atoms with Crippen LogP contribution in [-0.4, -0.2) is 22.1 Å². The number of carbonyl (C=O) groups is 2. The minimum Gasteiger partial charge on any atom is -0.507 e. The maximum Gasteiger partial charge on any atom is 0.339 e. The van der Waals surface area contributed by atoms with E-state index in [1.807, 2.05) is 0 Å². The van der Waals surface area contributed by atoms with E-state index in [0.717, 1.165) is 0 Å². The van der Waals surface area contributed by atoms with Gasteiger partial charge in [0.1, 0.15) is 11.3 Å². The molecular weight excluding hydrogens is 362 g/mol. The van der Waals surface area contributed by atoms with Gasteiger partial charge in [-0.05, 0) is 46.3 Å². The Hall–Kier alpha value is -2.05. The number of aromatic carboxylic acids is 1. The number of rotatable bonds is 3. The summed E-state index contributed by atoms with van der Waals surface area (Å²) in [4.78, 5) is 22.8. The van der Waals surface area contributed by atoms with E-state index in [-0.39, 0.29) is 11.3 Å². The summed E-state index contributed by atoms with van der Waals surface area (Å²) in [6, 6.07) is 8.46. The standard InChI is InChI=1S/C14H9BrClNO4/c15-10-5-7(1-4-11(10)16)13(19)17-8-2-3-9(14(20)21)12(18)6-8/h1-6,18H,(H,17,19)(H,20,21). The van der Waals surface area contributed by atoms with Gasteiger partial charge in [0.05, 0.1) is 5.02 Å². The first-order chi connectivity index (χ1) is 9.88. The Balaban J connectivity index is 2.21. The van der Waals surface area contributed by atoms with Gasteiger partial charge in [-0.3, -0.25) is 4.79 Å². The third kappa shape index (κ3) is 3.53. The molecule has 0 aliphatic carbocycles. The van der Waals surface area contributed by atoms with Crippen molar-refractivity contribution < 1.29 is 19.8 Å². The molecule has 3 N–H and O–H groups in total. The molecule has 0 bridgehead atoms. The zero-order valence-corrected chi connectivity index (χ0v) is 12.8. The Bertz CT molecular complexity index is 733. The van der Waals surface area contributed by atoms with Crippen molar-refractivity contribution >= 4 is 45.1 Å². The topological polar surface area (TPSA) is 86.6 Å². The molecule has 0 saturated carbocycles. The first-order valence-electron chi connectivity index (χ1n) is 5.71. The van der Waals surface area contributed by atoms with E-state index >= 15 is 0 Å². The van der Waals surface area contributed by atoms with Crippen LogP contribution in [0.5, 0.6) is 5.75 Å². The molecule has 108 valence electrons. The molecule has 5 nitrogen and oxygen atoms in total. The summed E-state index contributed by atoms with van der Waals surface area (Å²) in [6.45, 7) is 0. The fourth-order valence-corrected chi connectivity index (χ4v) is 2.13. The molecule has 0 aromatic heterocycles. The van der Waals surface area contributed by atoms with Crippen molar-refractivity contribution in [2.45, 2.75) is 0 Å². The van der Waals surface area contributed by atoms with Crippen LogP contribution in [0.3, 0.4) is 0 Å². The van der Waals surface area contributed by atoms with E-state index in [0.29, 0.717) is 15.1 Å². The number of amides is 1. The maximum atomic E-state index is 12.0. The summed E-state index contributed by atoms with van der Waals surface area (Å²) in [5, 5.41) is 21.4. The van der Waals surface area contributed by atoms with Gasteiger partial charge in [0.2, 0.25) is 0 Å². The van der Waals surface area contributed by atoms with Gasteiger partial charge < -0.3 is 15.5 Å². The number of carbonyl (C=O) groups excluding carboxylic acids is 1. The summed E-state index contributed by atoms with van der Waals surface area (Å²) in [6.07, 6.45) is 0. The number of benzene rings is 2. The highest BCUT2D eigenvalue weighted by Gasteiger charge is 2.12. The lowest BCUT2D eigenvalue weighted by molar-refractivity contribution is 0.0693. The van der Waals surface area contributed by atoms with Crippen molar-refractivity contribution in [3.8, 4) is 5.75 Å². The SMILES string of the molecule is O=C(Nc1ccc(C(=O)O)c(O)c1)c1ccc(Cl)c(Br)c1. The highest BCUT2D eigenvalue weighted by atomic mass is 79.9. The van der Waals surface area contributed by atoms with Crippen LogP contribution in [0.25, 0.3) is 0 Å². The first kappa shape index (κ1) is 15.3. The molecule has 0 aliphatic rings. The zero-order valence-electron chi connectivity index (χ0n) is 10.4. The van der Waals surface area contributed by atoms with Crippen molar-refractivity contribution in [1.82, 2.24) is 0 Å². The first-order valence-corrected chi connectivity index (χ1v) is 6.88. The Morgan fingerprint density at radius 1 is 1.14 bits per heavy atom. The molecule has 2 rings (SSSR count). The molecule has 0 aliphatic heterocycles. The lowest BCUT2D eigenvalue weighted by Gasteiger charge is -2.08. The second kappa shape index (κ2) is 6.15. The zero-order chi connectivity index (χ0) is 15.6. The van der Waals surface area contributed by atoms with E-state index in [1.54, 1.807) is 18.2 Å². The summed E-state index contributed by atoms with van der Waals surface area (Å²) in [7, 11) is 0. The Morgan fingerprint density at radius 2 is 1.86 bits per heavy atom. The molecule has 0 unspecified atom stereocenters. The van der Waals surface area contributed by atoms with Gasteiger partial charge in [-0.2, -0.15) is 0 Å². The smallest absolute Gasteiger partial charge is 0.339 e. The normalized spacial score (nSPS) is 10.2. The summed E-state index contributed by atoms with van der Waals surface area (Å²) < 4.78 is 0.584. The molecule has 0 radical (unpaired) electrons. The van der Waals surface area contributed by atoms with Gasteiger partial charge in [0, 0.05) is 21.8 Å². The van der Waals surface area contributed by atoms with E-state index < -0.39 is 17.6 Å². The molecular formula is C14H9BrClNO4. The number of phenols is 1.